The highest BCUT2D eigenvalue weighted by Crippen LogP contribution is 2.03. The number of unbranched alkanes of at least 4 members (excludes halogenated alkanes) is 1. The molecule has 0 amide bonds. The molecule has 1 saturated heterocycles. The van der Waals surface area contributed by atoms with Crippen LogP contribution in [0, 0.1) is 0 Å². The van der Waals surface area contributed by atoms with Crippen molar-refractivity contribution >= 4 is 5.78 Å². The van der Waals surface area contributed by atoms with Gasteiger partial charge in [0.25, 0.3) is 0 Å². The molecule has 1 rings (SSSR count). The monoisotopic (exact) mass is 198 g/mol. The molecule has 82 valence electrons. The van der Waals surface area contributed by atoms with Crippen molar-refractivity contribution in [1.29, 1.82) is 0 Å². The van der Waals surface area contributed by atoms with Crippen molar-refractivity contribution in [3.63, 3.8) is 0 Å². The van der Waals surface area contributed by atoms with Crippen molar-refractivity contribution in [2.75, 3.05) is 32.7 Å². The minimum atomic E-state index is 0.431. The fraction of sp³-hybridized carbons (Fsp3) is 0.909. The second-order valence-electron chi connectivity index (χ2n) is 3.98. The van der Waals surface area contributed by atoms with Gasteiger partial charge in [-0.25, -0.2) is 0 Å². The first kappa shape index (κ1) is 11.7. The van der Waals surface area contributed by atoms with Crippen LogP contribution in [-0.4, -0.2) is 43.4 Å². The first-order valence-electron chi connectivity index (χ1n) is 5.77. The molecule has 1 heterocycles. The molecule has 3 heteroatoms. The Kier molecular flexibility index (Phi) is 5.80. The van der Waals surface area contributed by atoms with Gasteiger partial charge < -0.3 is 10.2 Å². The number of hydrogen-bond donors (Lipinski definition) is 1. The van der Waals surface area contributed by atoms with Crippen LogP contribution in [0.25, 0.3) is 0 Å². The molecule has 3 nitrogen and oxygen atoms in total. The predicted molar refractivity (Wildman–Crippen MR) is 58.5 cm³/mol. The van der Waals surface area contributed by atoms with E-state index in [0.29, 0.717) is 5.78 Å². The summed E-state index contributed by atoms with van der Waals surface area (Å²) >= 11 is 0. The summed E-state index contributed by atoms with van der Waals surface area (Å²) in [5, 5.41) is 3.42. The van der Waals surface area contributed by atoms with Gasteiger partial charge in [-0.05, 0) is 13.0 Å². The molecule has 0 unspecified atom stereocenters. The third-order valence-electron chi connectivity index (χ3n) is 2.73. The zero-order valence-corrected chi connectivity index (χ0v) is 9.22. The van der Waals surface area contributed by atoms with E-state index in [4.69, 9.17) is 0 Å². The van der Waals surface area contributed by atoms with Crippen LogP contribution in [0.5, 0.6) is 0 Å². The molecule has 0 atom stereocenters. The topological polar surface area (TPSA) is 32.3 Å². The molecule has 0 aliphatic carbocycles. The van der Waals surface area contributed by atoms with Crippen molar-refractivity contribution in [1.82, 2.24) is 10.2 Å². The summed E-state index contributed by atoms with van der Waals surface area (Å²) in [6, 6.07) is 0. The first-order valence-corrected chi connectivity index (χ1v) is 5.77. The number of ketones is 1. The normalized spacial score (nSPS) is 18.8. The van der Waals surface area contributed by atoms with E-state index in [1.165, 1.54) is 12.8 Å². The van der Waals surface area contributed by atoms with Crippen molar-refractivity contribution in [3.8, 4) is 0 Å². The predicted octanol–water partition coefficient (Wildman–Crippen LogP) is 1.04. The van der Waals surface area contributed by atoms with Gasteiger partial charge in [0, 0.05) is 39.0 Å². The highest BCUT2D eigenvalue weighted by Gasteiger charge is 2.14. The van der Waals surface area contributed by atoms with E-state index in [1.807, 2.05) is 0 Å². The molecule has 0 aromatic rings. The lowest BCUT2D eigenvalue weighted by Crippen LogP contribution is -2.38. The van der Waals surface area contributed by atoms with E-state index in [9.17, 15) is 4.79 Å². The quantitative estimate of drug-likeness (QED) is 0.647. The summed E-state index contributed by atoms with van der Waals surface area (Å²) in [5.74, 6) is 0.431. The fourth-order valence-corrected chi connectivity index (χ4v) is 1.69. The summed E-state index contributed by atoms with van der Waals surface area (Å²) in [7, 11) is 0. The van der Waals surface area contributed by atoms with Crippen LogP contribution in [0.2, 0.25) is 0 Å². The maximum Gasteiger partial charge on any atom is 0.135 e. The van der Waals surface area contributed by atoms with Gasteiger partial charge in [-0.15, -0.1) is 0 Å². The highest BCUT2D eigenvalue weighted by molar-refractivity contribution is 5.79. The molecule has 0 spiro atoms. The standard InChI is InChI=1S/C11H22N2O/c1-2-3-6-12-7-10-13-8-4-11(14)5-9-13/h12H,2-10H2,1H3. The lowest BCUT2D eigenvalue weighted by atomic mass is 10.1. The lowest BCUT2D eigenvalue weighted by molar-refractivity contribution is -0.121. The summed E-state index contributed by atoms with van der Waals surface area (Å²) < 4.78 is 0. The van der Waals surface area contributed by atoms with Gasteiger partial charge in [0.2, 0.25) is 0 Å². The number of piperidine rings is 1. The molecule has 1 aliphatic rings. The molecule has 1 N–H and O–H groups in total. The number of hydrogen-bond acceptors (Lipinski definition) is 3. The fourth-order valence-electron chi connectivity index (χ4n) is 1.69. The maximum absolute atomic E-state index is 11.0. The molecule has 1 fully saturated rings. The molecule has 14 heavy (non-hydrogen) atoms. The van der Waals surface area contributed by atoms with Gasteiger partial charge in [-0.1, -0.05) is 13.3 Å². The van der Waals surface area contributed by atoms with E-state index < -0.39 is 0 Å². The summed E-state index contributed by atoms with van der Waals surface area (Å²) in [5.41, 5.74) is 0. The average Bonchev–Trinajstić information content (AvgIpc) is 2.21. The first-order chi connectivity index (χ1) is 6.83. The minimum Gasteiger partial charge on any atom is -0.315 e. The van der Waals surface area contributed by atoms with Gasteiger partial charge in [-0.3, -0.25) is 4.79 Å². The molecule has 0 saturated carbocycles. The number of nitrogens with one attached hydrogen (secondary N) is 1. The zero-order chi connectivity index (χ0) is 10.2. The van der Waals surface area contributed by atoms with Gasteiger partial charge in [0.05, 0.1) is 0 Å². The van der Waals surface area contributed by atoms with Crippen molar-refractivity contribution in [2.24, 2.45) is 0 Å². The van der Waals surface area contributed by atoms with Gasteiger partial charge >= 0.3 is 0 Å². The van der Waals surface area contributed by atoms with E-state index in [-0.39, 0.29) is 0 Å². The molecule has 0 bridgehead atoms. The Morgan fingerprint density at radius 2 is 2.00 bits per heavy atom. The Morgan fingerprint density at radius 1 is 1.29 bits per heavy atom. The van der Waals surface area contributed by atoms with Crippen LogP contribution in [0.3, 0.4) is 0 Å². The number of carbonyl (C=O) groups excluding carboxylic acids is 1. The molecular formula is C11H22N2O. The number of carbonyl (C=O) groups is 1. The van der Waals surface area contributed by atoms with Crippen LogP contribution < -0.4 is 5.32 Å². The summed E-state index contributed by atoms with van der Waals surface area (Å²) in [6.07, 6.45) is 4.04. The highest BCUT2D eigenvalue weighted by atomic mass is 16.1. The Hall–Kier alpha value is -0.410. The second-order valence-corrected chi connectivity index (χ2v) is 3.98. The van der Waals surface area contributed by atoms with Crippen molar-refractivity contribution in [2.45, 2.75) is 32.6 Å². The van der Waals surface area contributed by atoms with E-state index in [2.05, 4.69) is 17.1 Å². The van der Waals surface area contributed by atoms with Gasteiger partial charge in [-0.2, -0.15) is 0 Å². The average molecular weight is 198 g/mol. The number of Topliss-reactive ketones (excluding diaryl/α,β-unsaturated/α-hetero) is 1. The van der Waals surface area contributed by atoms with Gasteiger partial charge in [0.1, 0.15) is 5.78 Å². The van der Waals surface area contributed by atoms with E-state index in [0.717, 1.165) is 45.6 Å². The molecule has 0 radical (unpaired) electrons. The number of rotatable bonds is 6. The molecule has 1 aliphatic heterocycles. The zero-order valence-electron chi connectivity index (χ0n) is 9.22. The third kappa shape index (κ3) is 4.72. The lowest BCUT2D eigenvalue weighted by Gasteiger charge is -2.25. The molecular weight excluding hydrogens is 176 g/mol. The molecule has 0 aromatic heterocycles. The Morgan fingerprint density at radius 3 is 2.64 bits per heavy atom. The van der Waals surface area contributed by atoms with E-state index >= 15 is 0 Å². The molecule has 0 aromatic carbocycles. The Bertz CT molecular complexity index is 161. The number of nitrogens with zero attached hydrogens (tertiary/aromatic N) is 1. The van der Waals surface area contributed by atoms with Crippen LogP contribution in [0.15, 0.2) is 0 Å². The second kappa shape index (κ2) is 6.96. The largest absolute Gasteiger partial charge is 0.315 e. The Balaban J connectivity index is 1.94. The van der Waals surface area contributed by atoms with Crippen LogP contribution in [0.4, 0.5) is 0 Å². The summed E-state index contributed by atoms with van der Waals surface area (Å²) in [6.45, 7) is 7.43. The van der Waals surface area contributed by atoms with Gasteiger partial charge in [0.15, 0.2) is 0 Å². The third-order valence-corrected chi connectivity index (χ3v) is 2.73. The van der Waals surface area contributed by atoms with Crippen molar-refractivity contribution < 1.29 is 4.79 Å². The van der Waals surface area contributed by atoms with E-state index in [1.54, 1.807) is 0 Å². The minimum absolute atomic E-state index is 0.431. The SMILES string of the molecule is CCCCNCCN1CCC(=O)CC1. The van der Waals surface area contributed by atoms with Crippen LogP contribution >= 0.6 is 0 Å². The summed E-state index contributed by atoms with van der Waals surface area (Å²) in [4.78, 5) is 13.4. The maximum atomic E-state index is 11.0. The number of likely N-dealkylation sites (tertiary alicyclic amines) is 1. The van der Waals surface area contributed by atoms with Crippen LogP contribution in [-0.2, 0) is 4.79 Å². The Labute approximate surface area is 86.9 Å². The van der Waals surface area contributed by atoms with Crippen LogP contribution in [0.1, 0.15) is 32.6 Å². The van der Waals surface area contributed by atoms with Crippen molar-refractivity contribution in [3.05, 3.63) is 0 Å². The smallest absolute Gasteiger partial charge is 0.135 e.